The standard InChI is InChI=1S/C13H19N3O4/c1-18-11-10(5-14-12(16-11)19-2)13(17)3-8-6-20-7-9(4-13)15-8/h5,8-9,15,17H,3-4,6-7H2,1-2H3. The smallest absolute Gasteiger partial charge is 0.319 e. The predicted octanol–water partition coefficient (Wildman–Crippen LogP) is -0.168. The van der Waals surface area contributed by atoms with Crippen molar-refractivity contribution in [3.63, 3.8) is 0 Å². The number of nitrogens with one attached hydrogen (secondary N) is 1. The molecular formula is C13H19N3O4. The number of hydrogen-bond acceptors (Lipinski definition) is 7. The van der Waals surface area contributed by atoms with Crippen LogP contribution in [-0.4, -0.2) is 54.6 Å². The molecule has 0 amide bonds. The van der Waals surface area contributed by atoms with Crippen LogP contribution in [0.5, 0.6) is 11.9 Å². The number of aliphatic hydroxyl groups is 1. The van der Waals surface area contributed by atoms with Crippen LogP contribution in [0.1, 0.15) is 18.4 Å². The molecule has 3 rings (SSSR count). The molecule has 2 atom stereocenters. The fourth-order valence-electron chi connectivity index (χ4n) is 3.06. The van der Waals surface area contributed by atoms with Crippen LogP contribution in [0.2, 0.25) is 0 Å². The van der Waals surface area contributed by atoms with Crippen LogP contribution in [-0.2, 0) is 10.3 Å². The van der Waals surface area contributed by atoms with E-state index in [-0.39, 0.29) is 18.1 Å². The normalized spacial score (nSPS) is 32.8. The summed E-state index contributed by atoms with van der Waals surface area (Å²) in [7, 11) is 3.02. The first-order valence-electron chi connectivity index (χ1n) is 6.66. The minimum Gasteiger partial charge on any atom is -0.481 e. The first-order chi connectivity index (χ1) is 9.64. The first kappa shape index (κ1) is 13.5. The molecule has 1 aromatic rings. The SMILES string of the molecule is COc1ncc(C2(O)CC3COCC(C2)N3)c(OC)n1. The average Bonchev–Trinajstić information content (AvgIpc) is 2.46. The highest BCUT2D eigenvalue weighted by Gasteiger charge is 2.44. The van der Waals surface area contributed by atoms with Gasteiger partial charge in [0.1, 0.15) is 0 Å². The van der Waals surface area contributed by atoms with Gasteiger partial charge in [-0.15, -0.1) is 0 Å². The van der Waals surface area contributed by atoms with Gasteiger partial charge in [0, 0.05) is 18.3 Å². The lowest BCUT2D eigenvalue weighted by Crippen LogP contribution is -2.58. The number of morpholine rings is 1. The second-order valence-electron chi connectivity index (χ2n) is 5.32. The summed E-state index contributed by atoms with van der Waals surface area (Å²) in [6.07, 6.45) is 2.69. The van der Waals surface area contributed by atoms with Crippen molar-refractivity contribution in [1.29, 1.82) is 0 Å². The molecule has 7 heteroatoms. The lowest BCUT2D eigenvalue weighted by molar-refractivity contribution is -0.0815. The zero-order valence-electron chi connectivity index (χ0n) is 11.6. The molecule has 1 aromatic heterocycles. The zero-order valence-corrected chi connectivity index (χ0v) is 11.6. The molecule has 0 aromatic carbocycles. The van der Waals surface area contributed by atoms with Crippen LogP contribution >= 0.6 is 0 Å². The lowest BCUT2D eigenvalue weighted by Gasteiger charge is -2.45. The summed E-state index contributed by atoms with van der Waals surface area (Å²) in [5.41, 5.74) is -0.388. The van der Waals surface area contributed by atoms with Crippen molar-refractivity contribution < 1.29 is 19.3 Å². The summed E-state index contributed by atoms with van der Waals surface area (Å²) < 4.78 is 15.8. The number of methoxy groups -OCH3 is 2. The molecule has 2 unspecified atom stereocenters. The van der Waals surface area contributed by atoms with Gasteiger partial charge in [-0.3, -0.25) is 0 Å². The fourth-order valence-corrected chi connectivity index (χ4v) is 3.06. The van der Waals surface area contributed by atoms with Gasteiger partial charge in [0.2, 0.25) is 5.88 Å². The number of nitrogens with zero attached hydrogens (tertiary/aromatic N) is 2. The second-order valence-corrected chi connectivity index (χ2v) is 5.32. The van der Waals surface area contributed by atoms with Crippen LogP contribution in [0.4, 0.5) is 0 Å². The van der Waals surface area contributed by atoms with Crippen LogP contribution in [0.15, 0.2) is 6.20 Å². The molecular weight excluding hydrogens is 262 g/mol. The summed E-state index contributed by atoms with van der Waals surface area (Å²) in [6, 6.07) is 0.505. The van der Waals surface area contributed by atoms with E-state index in [4.69, 9.17) is 14.2 Å². The zero-order chi connectivity index (χ0) is 14.2. The third kappa shape index (κ3) is 2.32. The van der Waals surface area contributed by atoms with Gasteiger partial charge in [-0.05, 0) is 12.8 Å². The predicted molar refractivity (Wildman–Crippen MR) is 69.8 cm³/mol. The van der Waals surface area contributed by atoms with Gasteiger partial charge in [0.05, 0.1) is 38.6 Å². The van der Waals surface area contributed by atoms with E-state index in [1.165, 1.54) is 14.2 Å². The van der Waals surface area contributed by atoms with Gasteiger partial charge in [-0.1, -0.05) is 0 Å². The Kier molecular flexibility index (Phi) is 3.49. The van der Waals surface area contributed by atoms with E-state index in [9.17, 15) is 5.11 Å². The summed E-state index contributed by atoms with van der Waals surface area (Å²) in [5, 5.41) is 14.5. The van der Waals surface area contributed by atoms with Crippen molar-refractivity contribution in [3.05, 3.63) is 11.8 Å². The van der Waals surface area contributed by atoms with Crippen molar-refractivity contribution in [1.82, 2.24) is 15.3 Å². The summed E-state index contributed by atoms with van der Waals surface area (Å²) in [6.45, 7) is 1.22. The lowest BCUT2D eigenvalue weighted by atomic mass is 9.79. The van der Waals surface area contributed by atoms with E-state index in [0.29, 0.717) is 37.5 Å². The number of rotatable bonds is 3. The van der Waals surface area contributed by atoms with Crippen molar-refractivity contribution in [2.24, 2.45) is 0 Å². The maximum absolute atomic E-state index is 11.0. The van der Waals surface area contributed by atoms with Crippen LogP contribution in [0, 0.1) is 0 Å². The molecule has 0 aliphatic carbocycles. The summed E-state index contributed by atoms with van der Waals surface area (Å²) >= 11 is 0. The number of aromatic nitrogens is 2. The molecule has 0 saturated carbocycles. The minimum atomic E-state index is -0.998. The number of hydrogen-bond donors (Lipinski definition) is 2. The van der Waals surface area contributed by atoms with Gasteiger partial charge in [-0.25, -0.2) is 4.98 Å². The summed E-state index contributed by atoms with van der Waals surface area (Å²) in [5.74, 6) is 0.361. The number of piperidine rings is 1. The molecule has 7 nitrogen and oxygen atoms in total. The maximum Gasteiger partial charge on any atom is 0.319 e. The highest BCUT2D eigenvalue weighted by Crippen LogP contribution is 2.40. The molecule has 110 valence electrons. The quantitative estimate of drug-likeness (QED) is 0.795. The molecule has 2 aliphatic rings. The highest BCUT2D eigenvalue weighted by molar-refractivity contribution is 5.32. The average molecular weight is 281 g/mol. The maximum atomic E-state index is 11.0. The Morgan fingerprint density at radius 3 is 2.60 bits per heavy atom. The molecule has 2 aliphatic heterocycles. The molecule has 2 N–H and O–H groups in total. The van der Waals surface area contributed by atoms with Gasteiger partial charge in [0.15, 0.2) is 0 Å². The molecule has 0 radical (unpaired) electrons. The monoisotopic (exact) mass is 281 g/mol. The molecule has 0 spiro atoms. The highest BCUT2D eigenvalue weighted by atomic mass is 16.5. The first-order valence-corrected chi connectivity index (χ1v) is 6.66. The van der Waals surface area contributed by atoms with E-state index in [1.54, 1.807) is 6.20 Å². The molecule has 2 bridgehead atoms. The molecule has 3 heterocycles. The Labute approximate surface area is 117 Å². The van der Waals surface area contributed by atoms with E-state index < -0.39 is 5.60 Å². The molecule has 20 heavy (non-hydrogen) atoms. The second kappa shape index (κ2) is 5.16. The summed E-state index contributed by atoms with van der Waals surface area (Å²) in [4.78, 5) is 8.25. The fraction of sp³-hybridized carbons (Fsp3) is 0.692. The van der Waals surface area contributed by atoms with Crippen molar-refractivity contribution in [2.45, 2.75) is 30.5 Å². The molecule has 2 saturated heterocycles. The van der Waals surface area contributed by atoms with E-state index in [2.05, 4.69) is 15.3 Å². The van der Waals surface area contributed by atoms with E-state index >= 15 is 0 Å². The van der Waals surface area contributed by atoms with E-state index in [1.807, 2.05) is 0 Å². The van der Waals surface area contributed by atoms with Gasteiger partial charge in [-0.2, -0.15) is 4.98 Å². The topological polar surface area (TPSA) is 85.7 Å². The van der Waals surface area contributed by atoms with Crippen molar-refractivity contribution in [3.8, 4) is 11.9 Å². The minimum absolute atomic E-state index is 0.138. The third-order valence-electron chi connectivity index (χ3n) is 3.89. The molecule has 2 fully saturated rings. The Balaban J connectivity index is 1.94. The largest absolute Gasteiger partial charge is 0.481 e. The van der Waals surface area contributed by atoms with Gasteiger partial charge < -0.3 is 24.6 Å². The Hall–Kier alpha value is -1.44. The Morgan fingerprint density at radius 2 is 2.00 bits per heavy atom. The van der Waals surface area contributed by atoms with Crippen LogP contribution < -0.4 is 14.8 Å². The van der Waals surface area contributed by atoms with Crippen LogP contribution in [0.25, 0.3) is 0 Å². The van der Waals surface area contributed by atoms with Gasteiger partial charge in [0.25, 0.3) is 0 Å². The van der Waals surface area contributed by atoms with Crippen LogP contribution in [0.3, 0.4) is 0 Å². The Bertz CT molecular complexity index is 485. The number of ether oxygens (including phenoxy) is 3. The van der Waals surface area contributed by atoms with Crippen molar-refractivity contribution in [2.75, 3.05) is 27.4 Å². The number of fused-ring (bicyclic) bond motifs is 2. The van der Waals surface area contributed by atoms with Gasteiger partial charge >= 0.3 is 6.01 Å². The Morgan fingerprint density at radius 1 is 1.30 bits per heavy atom. The van der Waals surface area contributed by atoms with E-state index in [0.717, 1.165) is 0 Å². The van der Waals surface area contributed by atoms with Crippen molar-refractivity contribution >= 4 is 0 Å². The third-order valence-corrected chi connectivity index (χ3v) is 3.89.